The maximum absolute atomic E-state index is 10.7. The normalized spacial score (nSPS) is 20.9. The van der Waals surface area contributed by atoms with Gasteiger partial charge in [0.2, 0.25) is 5.91 Å². The van der Waals surface area contributed by atoms with Crippen molar-refractivity contribution in [3.05, 3.63) is 12.2 Å². The van der Waals surface area contributed by atoms with Gasteiger partial charge in [-0.15, -0.1) is 0 Å². The molecule has 1 rings (SSSR count). The molecule has 0 aliphatic carbocycles. The zero-order valence-corrected chi connectivity index (χ0v) is 5.44. The lowest BCUT2D eigenvalue weighted by Crippen LogP contribution is -2.21. The van der Waals surface area contributed by atoms with E-state index in [9.17, 15) is 4.79 Å². The lowest BCUT2D eigenvalue weighted by Gasteiger charge is -1.97. The van der Waals surface area contributed by atoms with Crippen LogP contribution in [-0.4, -0.2) is 12.5 Å². The van der Waals surface area contributed by atoms with E-state index in [-0.39, 0.29) is 5.91 Å². The molecular weight excluding hydrogens is 114 g/mol. The Labute approximate surface area is 54.9 Å². The molecule has 0 saturated carbocycles. The van der Waals surface area contributed by atoms with Crippen LogP contribution in [0.1, 0.15) is 19.3 Å². The Hall–Kier alpha value is -0.790. The van der Waals surface area contributed by atoms with E-state index in [1.807, 2.05) is 0 Å². The molecule has 0 aromatic heterocycles. The van der Waals surface area contributed by atoms with Crippen LogP contribution in [0.25, 0.3) is 0 Å². The first-order valence-corrected chi connectivity index (χ1v) is 3.22. The fourth-order valence-corrected chi connectivity index (χ4v) is 0.899. The molecule has 2 nitrogen and oxygen atoms in total. The summed E-state index contributed by atoms with van der Waals surface area (Å²) in [7, 11) is 0. The molecule has 2 heteroatoms. The lowest BCUT2D eigenvalue weighted by molar-refractivity contribution is -0.120. The molecule has 0 unspecified atom stereocenters. The van der Waals surface area contributed by atoms with Crippen molar-refractivity contribution in [3.8, 4) is 0 Å². The van der Waals surface area contributed by atoms with Crippen molar-refractivity contribution in [2.24, 2.45) is 0 Å². The van der Waals surface area contributed by atoms with E-state index in [2.05, 4.69) is 11.9 Å². The topological polar surface area (TPSA) is 29.1 Å². The molecule has 1 fully saturated rings. The standard InChI is InChI=1S/C7H11NO/c1-6-3-2-4-7(9)8-5-6/h1-5H2,(H,8,9). The van der Waals surface area contributed by atoms with Crippen LogP contribution in [-0.2, 0) is 4.79 Å². The molecule has 0 radical (unpaired) electrons. The van der Waals surface area contributed by atoms with Gasteiger partial charge in [-0.05, 0) is 12.8 Å². The molecule has 0 aromatic carbocycles. The van der Waals surface area contributed by atoms with Gasteiger partial charge < -0.3 is 5.32 Å². The van der Waals surface area contributed by atoms with Crippen molar-refractivity contribution in [2.75, 3.05) is 6.54 Å². The van der Waals surface area contributed by atoms with E-state index in [4.69, 9.17) is 0 Å². The van der Waals surface area contributed by atoms with Crippen molar-refractivity contribution in [1.29, 1.82) is 0 Å². The maximum Gasteiger partial charge on any atom is 0.220 e. The van der Waals surface area contributed by atoms with Crippen LogP contribution in [0.3, 0.4) is 0 Å². The van der Waals surface area contributed by atoms with E-state index in [1.165, 1.54) is 0 Å². The Bertz CT molecular complexity index is 124. The van der Waals surface area contributed by atoms with Crippen molar-refractivity contribution in [2.45, 2.75) is 19.3 Å². The van der Waals surface area contributed by atoms with Crippen LogP contribution in [0.4, 0.5) is 0 Å². The largest absolute Gasteiger partial charge is 0.352 e. The second-order valence-corrected chi connectivity index (χ2v) is 2.38. The molecule has 50 valence electrons. The van der Waals surface area contributed by atoms with Crippen LogP contribution in [0.2, 0.25) is 0 Å². The monoisotopic (exact) mass is 125 g/mol. The van der Waals surface area contributed by atoms with Gasteiger partial charge in [-0.3, -0.25) is 4.79 Å². The zero-order chi connectivity index (χ0) is 6.69. The highest BCUT2D eigenvalue weighted by Gasteiger charge is 2.06. The molecule has 1 amide bonds. The van der Waals surface area contributed by atoms with Gasteiger partial charge in [-0.1, -0.05) is 12.2 Å². The van der Waals surface area contributed by atoms with Crippen molar-refractivity contribution in [1.82, 2.24) is 5.32 Å². The summed E-state index contributed by atoms with van der Waals surface area (Å²) >= 11 is 0. The Kier molecular flexibility index (Phi) is 1.88. The number of hydrogen-bond acceptors (Lipinski definition) is 1. The summed E-state index contributed by atoms with van der Waals surface area (Å²) in [6.07, 6.45) is 2.63. The number of rotatable bonds is 0. The number of hydrogen-bond donors (Lipinski definition) is 1. The van der Waals surface area contributed by atoms with Gasteiger partial charge >= 0.3 is 0 Å². The van der Waals surface area contributed by atoms with E-state index in [1.54, 1.807) is 0 Å². The lowest BCUT2D eigenvalue weighted by atomic mass is 10.1. The maximum atomic E-state index is 10.7. The summed E-state index contributed by atoms with van der Waals surface area (Å²) in [5.41, 5.74) is 1.14. The molecule has 1 saturated heterocycles. The second kappa shape index (κ2) is 2.67. The third-order valence-corrected chi connectivity index (χ3v) is 1.47. The van der Waals surface area contributed by atoms with E-state index in [0.29, 0.717) is 13.0 Å². The SMILES string of the molecule is C=C1CCCC(=O)NC1. The Morgan fingerprint density at radius 1 is 1.44 bits per heavy atom. The van der Waals surface area contributed by atoms with Gasteiger partial charge in [0.05, 0.1) is 0 Å². The zero-order valence-electron chi connectivity index (χ0n) is 5.44. The molecule has 0 atom stereocenters. The summed E-state index contributed by atoms with van der Waals surface area (Å²) < 4.78 is 0. The van der Waals surface area contributed by atoms with Crippen LogP contribution in [0.15, 0.2) is 12.2 Å². The molecular formula is C7H11NO. The van der Waals surface area contributed by atoms with Gasteiger partial charge in [0.15, 0.2) is 0 Å². The summed E-state index contributed by atoms with van der Waals surface area (Å²) in [6, 6.07) is 0. The van der Waals surface area contributed by atoms with Gasteiger partial charge in [-0.2, -0.15) is 0 Å². The molecule has 1 aliphatic rings. The average molecular weight is 125 g/mol. The second-order valence-electron chi connectivity index (χ2n) is 2.38. The third kappa shape index (κ3) is 1.88. The number of carbonyl (C=O) groups excluding carboxylic acids is 1. The Morgan fingerprint density at radius 2 is 2.22 bits per heavy atom. The summed E-state index contributed by atoms with van der Waals surface area (Å²) in [6.45, 7) is 4.47. The van der Waals surface area contributed by atoms with E-state index < -0.39 is 0 Å². The molecule has 1 N–H and O–H groups in total. The molecule has 0 bridgehead atoms. The number of amides is 1. The van der Waals surface area contributed by atoms with Crippen LogP contribution in [0, 0.1) is 0 Å². The Morgan fingerprint density at radius 3 is 3.00 bits per heavy atom. The average Bonchev–Trinajstić information content (AvgIpc) is 1.97. The molecule has 0 aromatic rings. The first-order chi connectivity index (χ1) is 4.29. The first-order valence-electron chi connectivity index (χ1n) is 3.22. The van der Waals surface area contributed by atoms with Crippen molar-refractivity contribution in [3.63, 3.8) is 0 Å². The van der Waals surface area contributed by atoms with Crippen molar-refractivity contribution < 1.29 is 4.79 Å². The van der Waals surface area contributed by atoms with Crippen LogP contribution < -0.4 is 5.32 Å². The minimum atomic E-state index is 0.161. The molecule has 1 heterocycles. The first kappa shape index (κ1) is 6.33. The third-order valence-electron chi connectivity index (χ3n) is 1.47. The number of nitrogens with one attached hydrogen (secondary N) is 1. The highest BCUT2D eigenvalue weighted by molar-refractivity contribution is 5.76. The van der Waals surface area contributed by atoms with Gasteiger partial charge in [-0.25, -0.2) is 0 Å². The summed E-state index contributed by atoms with van der Waals surface area (Å²) in [5, 5.41) is 2.76. The minimum absolute atomic E-state index is 0.161. The molecule has 1 aliphatic heterocycles. The number of carbonyl (C=O) groups is 1. The van der Waals surface area contributed by atoms with Crippen molar-refractivity contribution >= 4 is 5.91 Å². The van der Waals surface area contributed by atoms with Gasteiger partial charge in [0, 0.05) is 13.0 Å². The van der Waals surface area contributed by atoms with E-state index >= 15 is 0 Å². The summed E-state index contributed by atoms with van der Waals surface area (Å²) in [4.78, 5) is 10.7. The summed E-state index contributed by atoms with van der Waals surface area (Å²) in [5.74, 6) is 0.161. The highest BCUT2D eigenvalue weighted by Crippen LogP contribution is 2.07. The fraction of sp³-hybridized carbons (Fsp3) is 0.571. The van der Waals surface area contributed by atoms with Crippen LogP contribution in [0.5, 0.6) is 0 Å². The van der Waals surface area contributed by atoms with E-state index in [0.717, 1.165) is 18.4 Å². The Balaban J connectivity index is 2.43. The van der Waals surface area contributed by atoms with Crippen LogP contribution >= 0.6 is 0 Å². The van der Waals surface area contributed by atoms with Gasteiger partial charge in [0.1, 0.15) is 0 Å². The fourth-order valence-electron chi connectivity index (χ4n) is 0.899. The predicted molar refractivity (Wildman–Crippen MR) is 36.0 cm³/mol. The smallest absolute Gasteiger partial charge is 0.220 e. The quantitative estimate of drug-likeness (QED) is 0.477. The highest BCUT2D eigenvalue weighted by atomic mass is 16.1. The minimum Gasteiger partial charge on any atom is -0.352 e. The molecule has 9 heavy (non-hydrogen) atoms. The van der Waals surface area contributed by atoms with Gasteiger partial charge in [0.25, 0.3) is 0 Å². The molecule has 0 spiro atoms. The predicted octanol–water partition coefficient (Wildman–Crippen LogP) is 0.843.